The van der Waals surface area contributed by atoms with Gasteiger partial charge in [0, 0.05) is 5.75 Å². The first kappa shape index (κ1) is 17.5. The fourth-order valence-electron chi connectivity index (χ4n) is 2.67. The van der Waals surface area contributed by atoms with Crippen LogP contribution in [-0.2, 0) is 5.75 Å². The molecule has 27 heavy (non-hydrogen) atoms. The Morgan fingerprint density at radius 2 is 1.85 bits per heavy atom. The molecule has 0 saturated carbocycles. The number of thioether (sulfide) groups is 1. The molecule has 0 fully saturated rings. The minimum Gasteiger partial charge on any atom is -0.493 e. The number of hydrogen-bond donors (Lipinski definition) is 0. The van der Waals surface area contributed by atoms with Crippen molar-refractivity contribution >= 4 is 11.8 Å². The van der Waals surface area contributed by atoms with Crippen molar-refractivity contribution in [2.24, 2.45) is 0 Å². The standard InChI is InChI=1S/C19H18N2O5S/c1-22-13-8-7-12(9-16(13)23-2)11-27-19-21-20-18(26-19)17-10-24-14-5-3-4-6-15(14)25-17/h3-9,17H,10-11H2,1-2H3. The van der Waals surface area contributed by atoms with Crippen LogP contribution in [0.15, 0.2) is 52.1 Å². The maximum atomic E-state index is 5.89. The maximum Gasteiger partial charge on any atom is 0.277 e. The van der Waals surface area contributed by atoms with Crippen LogP contribution >= 0.6 is 11.8 Å². The zero-order chi connectivity index (χ0) is 18.6. The van der Waals surface area contributed by atoms with E-state index in [4.69, 9.17) is 23.4 Å². The second-order valence-corrected chi connectivity index (χ2v) is 6.68. The number of hydrogen-bond acceptors (Lipinski definition) is 8. The molecule has 7 nitrogen and oxygen atoms in total. The molecule has 0 N–H and O–H groups in total. The highest BCUT2D eigenvalue weighted by Crippen LogP contribution is 2.36. The zero-order valence-corrected chi connectivity index (χ0v) is 15.7. The third kappa shape index (κ3) is 3.80. The van der Waals surface area contributed by atoms with Gasteiger partial charge in [-0.2, -0.15) is 0 Å². The molecule has 0 radical (unpaired) electrons. The summed E-state index contributed by atoms with van der Waals surface area (Å²) in [6, 6.07) is 13.3. The fraction of sp³-hybridized carbons (Fsp3) is 0.263. The van der Waals surface area contributed by atoms with Crippen LogP contribution in [0, 0.1) is 0 Å². The van der Waals surface area contributed by atoms with Crippen molar-refractivity contribution < 1.29 is 23.4 Å². The van der Waals surface area contributed by atoms with Crippen LogP contribution in [0.4, 0.5) is 0 Å². The van der Waals surface area contributed by atoms with Crippen LogP contribution in [0.3, 0.4) is 0 Å². The number of fused-ring (bicyclic) bond motifs is 1. The van der Waals surface area contributed by atoms with Gasteiger partial charge in [0.25, 0.3) is 11.1 Å². The van der Waals surface area contributed by atoms with Gasteiger partial charge in [0.2, 0.25) is 6.10 Å². The largest absolute Gasteiger partial charge is 0.493 e. The van der Waals surface area contributed by atoms with E-state index in [1.807, 2.05) is 42.5 Å². The number of benzene rings is 2. The van der Waals surface area contributed by atoms with E-state index in [0.717, 1.165) is 11.3 Å². The van der Waals surface area contributed by atoms with E-state index >= 15 is 0 Å². The summed E-state index contributed by atoms with van der Waals surface area (Å²) in [4.78, 5) is 0. The van der Waals surface area contributed by atoms with Gasteiger partial charge < -0.3 is 23.4 Å². The smallest absolute Gasteiger partial charge is 0.277 e. The lowest BCUT2D eigenvalue weighted by Gasteiger charge is -2.23. The van der Waals surface area contributed by atoms with Gasteiger partial charge in [-0.3, -0.25) is 0 Å². The number of rotatable bonds is 6. The predicted octanol–water partition coefficient (Wildman–Crippen LogP) is 3.89. The molecule has 1 aliphatic heterocycles. The Bertz CT molecular complexity index is 930. The molecule has 2 heterocycles. The molecular formula is C19H18N2O5S. The number of aromatic nitrogens is 2. The first-order valence-electron chi connectivity index (χ1n) is 8.32. The summed E-state index contributed by atoms with van der Waals surface area (Å²) in [6.07, 6.45) is -0.414. The lowest BCUT2D eigenvalue weighted by molar-refractivity contribution is 0.0686. The lowest BCUT2D eigenvalue weighted by atomic mass is 10.2. The molecule has 1 aromatic heterocycles. The van der Waals surface area contributed by atoms with Gasteiger partial charge in [0.05, 0.1) is 14.2 Å². The van der Waals surface area contributed by atoms with Crippen molar-refractivity contribution in [1.82, 2.24) is 10.2 Å². The van der Waals surface area contributed by atoms with Gasteiger partial charge in [-0.25, -0.2) is 0 Å². The molecule has 0 saturated heterocycles. The molecule has 140 valence electrons. The Balaban J connectivity index is 1.40. The van der Waals surface area contributed by atoms with Gasteiger partial charge in [0.15, 0.2) is 23.0 Å². The molecule has 1 atom stereocenters. The first-order valence-corrected chi connectivity index (χ1v) is 9.31. The Morgan fingerprint density at radius 3 is 2.67 bits per heavy atom. The highest BCUT2D eigenvalue weighted by molar-refractivity contribution is 7.98. The van der Waals surface area contributed by atoms with Crippen molar-refractivity contribution in [2.45, 2.75) is 17.1 Å². The van der Waals surface area contributed by atoms with Gasteiger partial charge in [0.1, 0.15) is 6.61 Å². The molecule has 8 heteroatoms. The predicted molar refractivity (Wildman–Crippen MR) is 98.7 cm³/mol. The average Bonchev–Trinajstić information content (AvgIpc) is 3.20. The summed E-state index contributed by atoms with van der Waals surface area (Å²) in [6.45, 7) is 0.332. The second-order valence-electron chi connectivity index (χ2n) is 5.75. The molecule has 1 unspecified atom stereocenters. The zero-order valence-electron chi connectivity index (χ0n) is 14.9. The third-order valence-corrected chi connectivity index (χ3v) is 4.91. The first-order chi connectivity index (χ1) is 13.3. The van der Waals surface area contributed by atoms with Gasteiger partial charge in [-0.05, 0) is 29.8 Å². The summed E-state index contributed by atoms with van der Waals surface area (Å²) in [5, 5.41) is 8.67. The van der Waals surface area contributed by atoms with Gasteiger partial charge in [-0.15, -0.1) is 10.2 Å². The minimum atomic E-state index is -0.414. The highest BCUT2D eigenvalue weighted by Gasteiger charge is 2.27. The molecule has 0 aliphatic carbocycles. The molecule has 4 rings (SSSR count). The summed E-state index contributed by atoms with van der Waals surface area (Å²) < 4.78 is 27.9. The minimum absolute atomic E-state index is 0.332. The normalized spacial score (nSPS) is 15.4. The molecule has 1 aliphatic rings. The van der Waals surface area contributed by atoms with Crippen LogP contribution < -0.4 is 18.9 Å². The Hall–Kier alpha value is -2.87. The molecular weight excluding hydrogens is 368 g/mol. The SMILES string of the molecule is COc1ccc(CSc2nnc(C3COc4ccccc4O3)o2)cc1OC. The number of para-hydroxylation sites is 2. The molecule has 0 bridgehead atoms. The van der Waals surface area contributed by atoms with Crippen molar-refractivity contribution in [3.63, 3.8) is 0 Å². The number of nitrogens with zero attached hydrogens (tertiary/aromatic N) is 2. The summed E-state index contributed by atoms with van der Waals surface area (Å²) in [7, 11) is 3.23. The Morgan fingerprint density at radius 1 is 1.04 bits per heavy atom. The van der Waals surface area contributed by atoms with Crippen molar-refractivity contribution in [3.05, 3.63) is 53.9 Å². The monoisotopic (exact) mass is 386 g/mol. The summed E-state index contributed by atoms with van der Waals surface area (Å²) >= 11 is 1.44. The van der Waals surface area contributed by atoms with Crippen molar-refractivity contribution in [1.29, 1.82) is 0 Å². The lowest BCUT2D eigenvalue weighted by Crippen LogP contribution is -2.21. The van der Waals surface area contributed by atoms with E-state index in [2.05, 4.69) is 10.2 Å². The van der Waals surface area contributed by atoms with Gasteiger partial charge in [-0.1, -0.05) is 30.0 Å². The number of methoxy groups -OCH3 is 2. The molecule has 3 aromatic rings. The highest BCUT2D eigenvalue weighted by atomic mass is 32.2. The van der Waals surface area contributed by atoms with Crippen LogP contribution in [-0.4, -0.2) is 31.0 Å². The maximum absolute atomic E-state index is 5.89. The van der Waals surface area contributed by atoms with Crippen molar-refractivity contribution in [2.75, 3.05) is 20.8 Å². The second kappa shape index (κ2) is 7.79. The van der Waals surface area contributed by atoms with Crippen molar-refractivity contribution in [3.8, 4) is 23.0 Å². The summed E-state index contributed by atoms with van der Waals surface area (Å²) in [5.41, 5.74) is 1.06. The Labute approximate surface area is 160 Å². The van der Waals surface area contributed by atoms with E-state index in [9.17, 15) is 0 Å². The molecule has 2 aromatic carbocycles. The number of ether oxygens (including phenoxy) is 4. The van der Waals surface area contributed by atoms with Crippen LogP contribution in [0.25, 0.3) is 0 Å². The average molecular weight is 386 g/mol. The molecule has 0 spiro atoms. The van der Waals surface area contributed by atoms with Crippen LogP contribution in [0.2, 0.25) is 0 Å². The Kier molecular flexibility index (Phi) is 5.06. The third-order valence-electron chi connectivity index (χ3n) is 4.02. The fourth-order valence-corrected chi connectivity index (χ4v) is 3.38. The quantitative estimate of drug-likeness (QED) is 0.591. The van der Waals surface area contributed by atoms with E-state index in [0.29, 0.717) is 40.7 Å². The van der Waals surface area contributed by atoms with Crippen LogP contribution in [0.5, 0.6) is 23.0 Å². The van der Waals surface area contributed by atoms with Gasteiger partial charge >= 0.3 is 0 Å². The van der Waals surface area contributed by atoms with E-state index in [-0.39, 0.29) is 0 Å². The van der Waals surface area contributed by atoms with E-state index < -0.39 is 6.10 Å². The van der Waals surface area contributed by atoms with E-state index in [1.54, 1.807) is 14.2 Å². The van der Waals surface area contributed by atoms with Crippen LogP contribution in [0.1, 0.15) is 17.6 Å². The van der Waals surface area contributed by atoms with E-state index in [1.165, 1.54) is 11.8 Å². The summed E-state index contributed by atoms with van der Waals surface area (Å²) in [5.74, 6) is 3.84. The topological polar surface area (TPSA) is 75.8 Å². The molecule has 0 amide bonds.